The highest BCUT2D eigenvalue weighted by Crippen LogP contribution is 2.00. The van der Waals surface area contributed by atoms with Crippen LogP contribution >= 0.6 is 0 Å². The Balaban J connectivity index is 3.01. The predicted molar refractivity (Wildman–Crippen MR) is 51.1 cm³/mol. The summed E-state index contributed by atoms with van der Waals surface area (Å²) >= 11 is 0. The van der Waals surface area contributed by atoms with Crippen LogP contribution in [0.3, 0.4) is 0 Å². The maximum Gasteiger partial charge on any atom is 0.293 e. The van der Waals surface area contributed by atoms with Gasteiger partial charge >= 0.3 is 0 Å². The third kappa shape index (κ3) is 2.35. The number of nitrogens with zero attached hydrogens (tertiary/aromatic N) is 1. The average molecular weight is 196 g/mol. The van der Waals surface area contributed by atoms with Gasteiger partial charge in [0.15, 0.2) is 5.75 Å². The van der Waals surface area contributed by atoms with Crippen molar-refractivity contribution in [1.82, 2.24) is 4.57 Å². The Bertz CT molecular complexity index is 384. The summed E-state index contributed by atoms with van der Waals surface area (Å²) in [6.45, 7) is 2.07. The first-order valence-corrected chi connectivity index (χ1v) is 4.25. The molecule has 0 aromatic carbocycles. The van der Waals surface area contributed by atoms with Crippen molar-refractivity contribution in [2.24, 2.45) is 5.73 Å². The Labute approximate surface area is 81.1 Å². The minimum Gasteiger partial charge on any atom is -0.488 e. The van der Waals surface area contributed by atoms with Gasteiger partial charge in [0.2, 0.25) is 5.91 Å². The Morgan fingerprint density at radius 3 is 2.93 bits per heavy atom. The molecule has 0 aliphatic carbocycles. The smallest absolute Gasteiger partial charge is 0.293 e. The van der Waals surface area contributed by atoms with Crippen molar-refractivity contribution in [2.45, 2.75) is 13.5 Å². The number of nitrogens with two attached hydrogens (primary N) is 1. The average Bonchev–Trinajstić information content (AvgIpc) is 2.11. The normalized spacial score (nSPS) is 9.79. The van der Waals surface area contributed by atoms with Gasteiger partial charge in [-0.3, -0.25) is 9.59 Å². The molecular weight excluding hydrogens is 184 g/mol. The van der Waals surface area contributed by atoms with Crippen LogP contribution in [-0.2, 0) is 11.3 Å². The molecule has 0 saturated carbocycles. The van der Waals surface area contributed by atoms with Crippen LogP contribution in [0.2, 0.25) is 0 Å². The fourth-order valence-corrected chi connectivity index (χ4v) is 1.07. The second kappa shape index (κ2) is 4.45. The molecule has 0 unspecified atom stereocenters. The van der Waals surface area contributed by atoms with Crippen LogP contribution in [0.25, 0.3) is 0 Å². The molecule has 0 aliphatic rings. The molecule has 0 atom stereocenters. The summed E-state index contributed by atoms with van der Waals surface area (Å²) < 4.78 is 6.29. The molecule has 0 aliphatic heterocycles. The Hall–Kier alpha value is -1.78. The van der Waals surface area contributed by atoms with E-state index in [0.29, 0.717) is 6.61 Å². The van der Waals surface area contributed by atoms with E-state index in [9.17, 15) is 9.59 Å². The first-order valence-electron chi connectivity index (χ1n) is 4.25. The number of hydrogen-bond donors (Lipinski definition) is 1. The fourth-order valence-electron chi connectivity index (χ4n) is 1.07. The van der Waals surface area contributed by atoms with Gasteiger partial charge < -0.3 is 15.0 Å². The second-order valence-corrected chi connectivity index (χ2v) is 2.70. The minimum atomic E-state index is -0.555. The number of ether oxygens (including phenoxy) is 1. The highest BCUT2D eigenvalue weighted by Gasteiger charge is 2.04. The summed E-state index contributed by atoms with van der Waals surface area (Å²) in [6, 6.07) is 3.19. The first kappa shape index (κ1) is 10.3. The molecule has 1 amide bonds. The van der Waals surface area contributed by atoms with Crippen LogP contribution in [-0.4, -0.2) is 17.1 Å². The third-order valence-corrected chi connectivity index (χ3v) is 1.61. The number of hydrogen-bond acceptors (Lipinski definition) is 3. The lowest BCUT2D eigenvalue weighted by Gasteiger charge is -2.05. The SMILES string of the molecule is CCOc1cccn(CC(N)=O)c1=O. The molecule has 5 nitrogen and oxygen atoms in total. The number of carbonyl (C=O) groups is 1. The van der Waals surface area contributed by atoms with Gasteiger partial charge in [-0.2, -0.15) is 0 Å². The van der Waals surface area contributed by atoms with Gasteiger partial charge in [0.05, 0.1) is 6.61 Å². The Kier molecular flexibility index (Phi) is 3.28. The topological polar surface area (TPSA) is 74.3 Å². The number of amides is 1. The van der Waals surface area contributed by atoms with E-state index < -0.39 is 5.91 Å². The van der Waals surface area contributed by atoms with Crippen LogP contribution in [0, 0.1) is 0 Å². The molecule has 0 bridgehead atoms. The van der Waals surface area contributed by atoms with Crippen LogP contribution in [0.1, 0.15) is 6.92 Å². The largest absolute Gasteiger partial charge is 0.488 e. The lowest BCUT2D eigenvalue weighted by atomic mass is 10.4. The quantitative estimate of drug-likeness (QED) is 0.720. The van der Waals surface area contributed by atoms with Gasteiger partial charge in [-0.1, -0.05) is 0 Å². The summed E-state index contributed by atoms with van der Waals surface area (Å²) in [5.41, 5.74) is 4.64. The van der Waals surface area contributed by atoms with Crippen LogP contribution < -0.4 is 16.0 Å². The molecule has 1 rings (SSSR count). The number of carbonyl (C=O) groups excluding carboxylic acids is 1. The summed E-state index contributed by atoms with van der Waals surface area (Å²) in [6.07, 6.45) is 1.50. The van der Waals surface area contributed by atoms with Gasteiger partial charge in [0.25, 0.3) is 5.56 Å². The van der Waals surface area contributed by atoms with Crippen LogP contribution in [0.15, 0.2) is 23.1 Å². The van der Waals surface area contributed by atoms with Crippen molar-refractivity contribution >= 4 is 5.91 Å². The van der Waals surface area contributed by atoms with Crippen molar-refractivity contribution < 1.29 is 9.53 Å². The zero-order valence-corrected chi connectivity index (χ0v) is 7.90. The maximum atomic E-state index is 11.5. The summed E-state index contributed by atoms with van der Waals surface area (Å²) in [5, 5.41) is 0. The molecule has 0 radical (unpaired) electrons. The van der Waals surface area contributed by atoms with E-state index in [-0.39, 0.29) is 17.9 Å². The van der Waals surface area contributed by atoms with E-state index in [2.05, 4.69) is 0 Å². The van der Waals surface area contributed by atoms with Crippen LogP contribution in [0.5, 0.6) is 5.75 Å². The lowest BCUT2D eigenvalue weighted by molar-refractivity contribution is -0.118. The molecule has 1 aromatic heterocycles. The monoisotopic (exact) mass is 196 g/mol. The second-order valence-electron chi connectivity index (χ2n) is 2.70. The van der Waals surface area contributed by atoms with E-state index in [0.717, 1.165) is 0 Å². The van der Waals surface area contributed by atoms with E-state index >= 15 is 0 Å². The summed E-state index contributed by atoms with van der Waals surface area (Å²) in [4.78, 5) is 22.1. The number of rotatable bonds is 4. The molecule has 2 N–H and O–H groups in total. The Morgan fingerprint density at radius 1 is 1.64 bits per heavy atom. The number of aromatic nitrogens is 1. The molecular formula is C9H12N2O3. The number of pyridine rings is 1. The highest BCUT2D eigenvalue weighted by atomic mass is 16.5. The first-order chi connectivity index (χ1) is 6.65. The van der Waals surface area contributed by atoms with Crippen molar-refractivity contribution in [1.29, 1.82) is 0 Å². The molecule has 14 heavy (non-hydrogen) atoms. The van der Waals surface area contributed by atoms with Gasteiger partial charge in [0.1, 0.15) is 6.54 Å². The zero-order chi connectivity index (χ0) is 10.6. The third-order valence-electron chi connectivity index (χ3n) is 1.61. The molecule has 1 aromatic rings. The van der Waals surface area contributed by atoms with Gasteiger partial charge in [-0.15, -0.1) is 0 Å². The van der Waals surface area contributed by atoms with Gasteiger partial charge in [-0.05, 0) is 19.1 Å². The van der Waals surface area contributed by atoms with E-state index in [1.165, 1.54) is 10.8 Å². The van der Waals surface area contributed by atoms with Crippen molar-refractivity contribution in [3.63, 3.8) is 0 Å². The zero-order valence-electron chi connectivity index (χ0n) is 7.90. The fraction of sp³-hybridized carbons (Fsp3) is 0.333. The van der Waals surface area contributed by atoms with E-state index in [4.69, 9.17) is 10.5 Å². The van der Waals surface area contributed by atoms with Crippen molar-refractivity contribution in [2.75, 3.05) is 6.61 Å². The molecule has 76 valence electrons. The van der Waals surface area contributed by atoms with E-state index in [1.54, 1.807) is 19.1 Å². The van der Waals surface area contributed by atoms with Crippen LogP contribution in [0.4, 0.5) is 0 Å². The van der Waals surface area contributed by atoms with Crippen molar-refractivity contribution in [3.05, 3.63) is 28.7 Å². The predicted octanol–water partition coefficient (Wildman–Crippen LogP) is -0.268. The number of primary amides is 1. The lowest BCUT2D eigenvalue weighted by Crippen LogP contribution is -2.28. The Morgan fingerprint density at radius 2 is 2.36 bits per heavy atom. The van der Waals surface area contributed by atoms with Gasteiger partial charge in [-0.25, -0.2) is 0 Å². The summed E-state index contributed by atoms with van der Waals surface area (Å²) in [5.74, 6) is -0.322. The maximum absolute atomic E-state index is 11.5. The molecule has 0 fully saturated rings. The summed E-state index contributed by atoms with van der Waals surface area (Å²) in [7, 11) is 0. The van der Waals surface area contributed by atoms with Crippen molar-refractivity contribution in [3.8, 4) is 5.75 Å². The minimum absolute atomic E-state index is 0.125. The highest BCUT2D eigenvalue weighted by molar-refractivity contribution is 5.73. The molecule has 0 spiro atoms. The standard InChI is InChI=1S/C9H12N2O3/c1-2-14-7-4-3-5-11(9(7)13)6-8(10)12/h3-5H,2,6H2,1H3,(H2,10,12). The molecule has 1 heterocycles. The van der Waals surface area contributed by atoms with E-state index in [1.807, 2.05) is 0 Å². The van der Waals surface area contributed by atoms with Gasteiger partial charge in [0, 0.05) is 6.20 Å². The molecule has 0 saturated heterocycles. The molecule has 5 heteroatoms.